The van der Waals surface area contributed by atoms with Gasteiger partial charge in [0, 0.05) is 18.8 Å². The van der Waals surface area contributed by atoms with Gasteiger partial charge in [0.25, 0.3) is 0 Å². The first-order valence-corrected chi connectivity index (χ1v) is 8.18. The molecular formula is C13H18FNO2S. The summed E-state index contributed by atoms with van der Waals surface area (Å²) in [4.78, 5) is 0. The zero-order valence-electron chi connectivity index (χ0n) is 10.4. The van der Waals surface area contributed by atoms with Crippen LogP contribution in [0.2, 0.25) is 0 Å². The predicted molar refractivity (Wildman–Crippen MR) is 69.6 cm³/mol. The van der Waals surface area contributed by atoms with Crippen LogP contribution >= 0.6 is 0 Å². The molecule has 1 aliphatic carbocycles. The van der Waals surface area contributed by atoms with E-state index in [1.54, 1.807) is 12.1 Å². The molecule has 18 heavy (non-hydrogen) atoms. The molecule has 0 bridgehead atoms. The first kappa shape index (κ1) is 13.5. The van der Waals surface area contributed by atoms with E-state index in [4.69, 9.17) is 0 Å². The Morgan fingerprint density at radius 3 is 2.44 bits per heavy atom. The molecule has 1 unspecified atom stereocenters. The molecule has 1 N–H and O–H groups in total. The number of nitrogens with one attached hydrogen (secondary N) is 1. The second-order valence-electron chi connectivity index (χ2n) is 4.95. The minimum Gasteiger partial charge on any atom is -0.309 e. The van der Waals surface area contributed by atoms with Crippen molar-refractivity contribution in [2.24, 2.45) is 5.92 Å². The van der Waals surface area contributed by atoms with E-state index in [2.05, 4.69) is 5.32 Å². The molecule has 0 saturated heterocycles. The minimum absolute atomic E-state index is 0.136. The maximum Gasteiger partial charge on any atom is 0.148 e. The Morgan fingerprint density at radius 2 is 1.94 bits per heavy atom. The molecule has 0 amide bonds. The van der Waals surface area contributed by atoms with Crippen LogP contribution in [-0.4, -0.2) is 27.0 Å². The highest BCUT2D eigenvalue weighted by molar-refractivity contribution is 7.90. The van der Waals surface area contributed by atoms with Gasteiger partial charge in [0.15, 0.2) is 0 Å². The van der Waals surface area contributed by atoms with Crippen LogP contribution in [0.3, 0.4) is 0 Å². The van der Waals surface area contributed by atoms with E-state index < -0.39 is 9.84 Å². The van der Waals surface area contributed by atoms with Gasteiger partial charge in [-0.3, -0.25) is 0 Å². The molecule has 1 saturated carbocycles. The smallest absolute Gasteiger partial charge is 0.148 e. The number of sulfone groups is 1. The van der Waals surface area contributed by atoms with E-state index in [9.17, 15) is 12.8 Å². The maximum absolute atomic E-state index is 12.9. The van der Waals surface area contributed by atoms with E-state index in [-0.39, 0.29) is 17.6 Å². The molecule has 0 aromatic heterocycles. The van der Waals surface area contributed by atoms with Crippen LogP contribution in [0.15, 0.2) is 24.3 Å². The van der Waals surface area contributed by atoms with E-state index in [1.165, 1.54) is 18.4 Å². The second-order valence-corrected chi connectivity index (χ2v) is 7.21. The lowest BCUT2D eigenvalue weighted by molar-refractivity contribution is 0.493. The molecule has 1 atom stereocenters. The number of halogens is 1. The highest BCUT2D eigenvalue weighted by Crippen LogP contribution is 2.40. The zero-order chi connectivity index (χ0) is 13.2. The second kappa shape index (κ2) is 5.36. The lowest BCUT2D eigenvalue weighted by Crippen LogP contribution is -2.28. The summed E-state index contributed by atoms with van der Waals surface area (Å²) in [5.74, 6) is 0.441. The topological polar surface area (TPSA) is 46.2 Å². The third-order valence-corrected chi connectivity index (χ3v) is 4.11. The van der Waals surface area contributed by atoms with E-state index in [0.29, 0.717) is 12.5 Å². The molecule has 1 fully saturated rings. The van der Waals surface area contributed by atoms with Crippen molar-refractivity contribution in [3.05, 3.63) is 35.6 Å². The van der Waals surface area contributed by atoms with Gasteiger partial charge in [0.05, 0.1) is 5.75 Å². The van der Waals surface area contributed by atoms with Gasteiger partial charge in [-0.05, 0) is 36.5 Å². The van der Waals surface area contributed by atoms with Gasteiger partial charge in [-0.15, -0.1) is 0 Å². The van der Waals surface area contributed by atoms with Crippen LogP contribution in [0.1, 0.15) is 24.4 Å². The lowest BCUT2D eigenvalue weighted by atomic mass is 10.0. The number of hydrogen-bond donors (Lipinski definition) is 1. The third kappa shape index (κ3) is 4.07. The first-order valence-electron chi connectivity index (χ1n) is 6.12. The zero-order valence-corrected chi connectivity index (χ0v) is 11.2. The normalized spacial score (nSPS) is 17.7. The maximum atomic E-state index is 12.9. The fourth-order valence-electron chi connectivity index (χ4n) is 2.06. The van der Waals surface area contributed by atoms with Crippen molar-refractivity contribution >= 4 is 9.84 Å². The minimum atomic E-state index is -2.94. The molecule has 0 heterocycles. The molecule has 5 heteroatoms. The van der Waals surface area contributed by atoms with Crippen molar-refractivity contribution in [3.63, 3.8) is 0 Å². The van der Waals surface area contributed by atoms with Gasteiger partial charge >= 0.3 is 0 Å². The summed E-state index contributed by atoms with van der Waals surface area (Å²) < 4.78 is 35.1. The quantitative estimate of drug-likeness (QED) is 0.859. The van der Waals surface area contributed by atoms with Gasteiger partial charge in [-0.2, -0.15) is 0 Å². The average Bonchev–Trinajstić information content (AvgIpc) is 3.08. The monoisotopic (exact) mass is 271 g/mol. The summed E-state index contributed by atoms with van der Waals surface area (Å²) in [6.45, 7) is 0.442. The van der Waals surface area contributed by atoms with Gasteiger partial charge in [-0.25, -0.2) is 12.8 Å². The molecule has 3 nitrogen and oxygen atoms in total. The van der Waals surface area contributed by atoms with Crippen LogP contribution < -0.4 is 5.32 Å². The molecule has 1 aromatic rings. The Bertz CT molecular complexity index is 494. The summed E-state index contributed by atoms with van der Waals surface area (Å²) in [6, 6.07) is 6.58. The van der Waals surface area contributed by atoms with Crippen LogP contribution in [0.5, 0.6) is 0 Å². The standard InChI is InChI=1S/C13H18FNO2S/c1-18(16,17)9-8-15-13(10-2-3-10)11-4-6-12(14)7-5-11/h4-7,10,13,15H,2-3,8-9H2,1H3. The Kier molecular flexibility index (Phi) is 4.02. The molecular weight excluding hydrogens is 253 g/mol. The van der Waals surface area contributed by atoms with Crippen molar-refractivity contribution in [2.75, 3.05) is 18.6 Å². The Balaban J connectivity index is 1.98. The molecule has 0 spiro atoms. The summed E-state index contributed by atoms with van der Waals surface area (Å²) >= 11 is 0. The highest BCUT2D eigenvalue weighted by atomic mass is 32.2. The van der Waals surface area contributed by atoms with E-state index in [1.807, 2.05) is 0 Å². The first-order chi connectivity index (χ1) is 8.46. The fraction of sp³-hybridized carbons (Fsp3) is 0.538. The van der Waals surface area contributed by atoms with Gasteiger partial charge in [-0.1, -0.05) is 12.1 Å². The summed E-state index contributed by atoms with van der Waals surface area (Å²) in [5.41, 5.74) is 1.03. The summed E-state index contributed by atoms with van der Waals surface area (Å²) in [5, 5.41) is 3.27. The van der Waals surface area contributed by atoms with Crippen LogP contribution in [0.4, 0.5) is 4.39 Å². The Hall–Kier alpha value is -0.940. The molecule has 0 radical (unpaired) electrons. The fourth-order valence-corrected chi connectivity index (χ4v) is 2.54. The van der Waals surface area contributed by atoms with Crippen molar-refractivity contribution in [1.82, 2.24) is 5.32 Å². The summed E-state index contributed by atoms with van der Waals surface area (Å²) in [6.07, 6.45) is 3.53. The van der Waals surface area contributed by atoms with Gasteiger partial charge < -0.3 is 5.32 Å². The van der Waals surface area contributed by atoms with E-state index in [0.717, 1.165) is 18.4 Å². The highest BCUT2D eigenvalue weighted by Gasteiger charge is 2.31. The van der Waals surface area contributed by atoms with Crippen molar-refractivity contribution in [1.29, 1.82) is 0 Å². The van der Waals surface area contributed by atoms with Gasteiger partial charge in [0.1, 0.15) is 15.7 Å². The Labute approximate surface area is 107 Å². The van der Waals surface area contributed by atoms with Gasteiger partial charge in [0.2, 0.25) is 0 Å². The molecule has 100 valence electrons. The van der Waals surface area contributed by atoms with Crippen LogP contribution in [-0.2, 0) is 9.84 Å². The molecule has 1 aliphatic rings. The van der Waals surface area contributed by atoms with Crippen molar-refractivity contribution in [2.45, 2.75) is 18.9 Å². The van der Waals surface area contributed by atoms with Crippen molar-refractivity contribution in [3.8, 4) is 0 Å². The Morgan fingerprint density at radius 1 is 1.33 bits per heavy atom. The SMILES string of the molecule is CS(=O)(=O)CCNC(c1ccc(F)cc1)C1CC1. The molecule has 2 rings (SSSR count). The number of rotatable bonds is 6. The van der Waals surface area contributed by atoms with Crippen molar-refractivity contribution < 1.29 is 12.8 Å². The van der Waals surface area contributed by atoms with Crippen LogP contribution in [0.25, 0.3) is 0 Å². The number of hydrogen-bond acceptors (Lipinski definition) is 3. The molecule has 0 aliphatic heterocycles. The van der Waals surface area contributed by atoms with E-state index >= 15 is 0 Å². The third-order valence-electron chi connectivity index (χ3n) is 3.16. The average molecular weight is 271 g/mol. The number of benzene rings is 1. The summed E-state index contributed by atoms with van der Waals surface area (Å²) in [7, 11) is -2.94. The van der Waals surface area contributed by atoms with Crippen LogP contribution in [0, 0.1) is 11.7 Å². The molecule has 1 aromatic carbocycles. The largest absolute Gasteiger partial charge is 0.309 e. The predicted octanol–water partition coefficient (Wildman–Crippen LogP) is 1.91. The lowest BCUT2D eigenvalue weighted by Gasteiger charge is -2.18.